The van der Waals surface area contributed by atoms with Crippen LogP contribution in [0.2, 0.25) is 0 Å². The predicted molar refractivity (Wildman–Crippen MR) is 75.6 cm³/mol. The molecule has 0 saturated heterocycles. The Hall–Kier alpha value is -0.920. The Morgan fingerprint density at radius 1 is 1.30 bits per heavy atom. The summed E-state index contributed by atoms with van der Waals surface area (Å²) in [7, 11) is -1.73. The van der Waals surface area contributed by atoms with Gasteiger partial charge in [-0.2, -0.15) is 5.10 Å². The van der Waals surface area contributed by atoms with Crippen molar-refractivity contribution in [3.63, 3.8) is 0 Å². The van der Waals surface area contributed by atoms with Crippen molar-refractivity contribution in [2.24, 2.45) is 11.8 Å². The van der Waals surface area contributed by atoms with Gasteiger partial charge in [-0.15, -0.1) is 0 Å². The van der Waals surface area contributed by atoms with Crippen LogP contribution in [-0.2, 0) is 16.6 Å². The lowest BCUT2D eigenvalue weighted by molar-refractivity contribution is 0.469. The molecule has 0 radical (unpaired) electrons. The van der Waals surface area contributed by atoms with Crippen LogP contribution in [0.3, 0.4) is 0 Å². The summed E-state index contributed by atoms with van der Waals surface area (Å²) in [5.41, 5.74) is 1.53. The standard InChI is InChI=1S/C13H22N4O2S/c1-8-11(7-14-2)13(16-15-8)20(18,19)17-12(9-3-4-9)10-5-6-10/h9-10,12,14,17H,3-7H2,1-2H3,(H,15,16). The number of rotatable bonds is 7. The van der Waals surface area contributed by atoms with E-state index in [-0.39, 0.29) is 11.1 Å². The lowest BCUT2D eigenvalue weighted by atomic mass is 10.1. The summed E-state index contributed by atoms with van der Waals surface area (Å²) < 4.78 is 28.1. The number of aromatic nitrogens is 2. The van der Waals surface area contributed by atoms with Crippen molar-refractivity contribution in [1.29, 1.82) is 0 Å². The van der Waals surface area contributed by atoms with E-state index >= 15 is 0 Å². The fraction of sp³-hybridized carbons (Fsp3) is 0.769. The summed E-state index contributed by atoms with van der Waals surface area (Å²) in [5, 5.41) is 9.93. The van der Waals surface area contributed by atoms with Gasteiger partial charge in [0.25, 0.3) is 10.0 Å². The quantitative estimate of drug-likeness (QED) is 0.698. The monoisotopic (exact) mass is 298 g/mol. The zero-order valence-corrected chi connectivity index (χ0v) is 12.8. The molecule has 20 heavy (non-hydrogen) atoms. The van der Waals surface area contributed by atoms with Gasteiger partial charge in [-0.1, -0.05) is 0 Å². The number of aryl methyl sites for hydroxylation is 1. The van der Waals surface area contributed by atoms with Crippen LogP contribution in [0.5, 0.6) is 0 Å². The van der Waals surface area contributed by atoms with Gasteiger partial charge in [0.05, 0.1) is 0 Å². The zero-order chi connectivity index (χ0) is 14.3. The van der Waals surface area contributed by atoms with E-state index < -0.39 is 10.0 Å². The maximum absolute atomic E-state index is 12.6. The van der Waals surface area contributed by atoms with Crippen LogP contribution in [0.1, 0.15) is 36.9 Å². The average Bonchev–Trinajstić information content (AvgIpc) is 3.28. The van der Waals surface area contributed by atoms with Crippen LogP contribution in [0.15, 0.2) is 5.03 Å². The fourth-order valence-electron chi connectivity index (χ4n) is 2.76. The fourth-order valence-corrected chi connectivity index (χ4v) is 4.33. The molecule has 0 aromatic carbocycles. The first-order valence-corrected chi connectivity index (χ1v) is 8.72. The number of sulfonamides is 1. The van der Waals surface area contributed by atoms with E-state index in [1.54, 1.807) is 7.05 Å². The van der Waals surface area contributed by atoms with E-state index in [1.165, 1.54) is 0 Å². The van der Waals surface area contributed by atoms with Gasteiger partial charge in [0.1, 0.15) is 0 Å². The van der Waals surface area contributed by atoms with Crippen molar-refractivity contribution >= 4 is 10.0 Å². The maximum Gasteiger partial charge on any atom is 0.260 e. The van der Waals surface area contributed by atoms with E-state index in [0.29, 0.717) is 18.4 Å². The summed E-state index contributed by atoms with van der Waals surface area (Å²) in [5.74, 6) is 1.06. The van der Waals surface area contributed by atoms with Crippen molar-refractivity contribution in [1.82, 2.24) is 20.2 Å². The first kappa shape index (κ1) is 14.0. The molecule has 2 saturated carbocycles. The molecule has 0 aliphatic heterocycles. The minimum absolute atomic E-state index is 0.111. The third-order valence-corrected chi connectivity index (χ3v) is 5.62. The van der Waals surface area contributed by atoms with Crippen LogP contribution < -0.4 is 10.0 Å². The highest BCUT2D eigenvalue weighted by atomic mass is 32.2. The van der Waals surface area contributed by atoms with Gasteiger partial charge in [0.2, 0.25) is 0 Å². The molecular formula is C13H22N4O2S. The van der Waals surface area contributed by atoms with Gasteiger partial charge in [-0.25, -0.2) is 13.1 Å². The van der Waals surface area contributed by atoms with Gasteiger partial charge in [-0.3, -0.25) is 5.10 Å². The van der Waals surface area contributed by atoms with Crippen LogP contribution in [0, 0.1) is 18.8 Å². The van der Waals surface area contributed by atoms with Crippen LogP contribution >= 0.6 is 0 Å². The molecule has 0 bridgehead atoms. The van der Waals surface area contributed by atoms with E-state index in [4.69, 9.17) is 0 Å². The van der Waals surface area contributed by atoms with E-state index in [2.05, 4.69) is 20.2 Å². The highest BCUT2D eigenvalue weighted by Crippen LogP contribution is 2.45. The maximum atomic E-state index is 12.6. The molecule has 2 fully saturated rings. The number of H-pyrrole nitrogens is 1. The van der Waals surface area contributed by atoms with Gasteiger partial charge in [0.15, 0.2) is 5.03 Å². The molecule has 6 nitrogen and oxygen atoms in total. The van der Waals surface area contributed by atoms with Crippen LogP contribution in [-0.4, -0.2) is 31.7 Å². The van der Waals surface area contributed by atoms with E-state index in [1.807, 2.05) is 6.92 Å². The van der Waals surface area contributed by atoms with E-state index in [0.717, 1.165) is 36.9 Å². The molecule has 112 valence electrons. The molecule has 0 atom stereocenters. The number of hydrogen-bond acceptors (Lipinski definition) is 4. The zero-order valence-electron chi connectivity index (χ0n) is 11.9. The predicted octanol–water partition coefficient (Wildman–Crippen LogP) is 0.904. The van der Waals surface area contributed by atoms with Crippen molar-refractivity contribution in [3.05, 3.63) is 11.3 Å². The van der Waals surface area contributed by atoms with Crippen molar-refractivity contribution in [2.45, 2.75) is 50.2 Å². The Kier molecular flexibility index (Phi) is 3.60. The third kappa shape index (κ3) is 2.75. The number of nitrogens with one attached hydrogen (secondary N) is 3. The molecule has 1 heterocycles. The third-order valence-electron chi connectivity index (χ3n) is 4.20. The van der Waals surface area contributed by atoms with Crippen LogP contribution in [0.25, 0.3) is 0 Å². The highest BCUT2D eigenvalue weighted by Gasteiger charge is 2.44. The second-order valence-corrected chi connectivity index (χ2v) is 7.61. The molecule has 1 aromatic heterocycles. The SMILES string of the molecule is CNCc1c(S(=O)(=O)NC(C2CC2)C2CC2)n[nH]c1C. The average molecular weight is 298 g/mol. The largest absolute Gasteiger partial charge is 0.316 e. The number of aromatic amines is 1. The molecule has 7 heteroatoms. The van der Waals surface area contributed by atoms with E-state index in [9.17, 15) is 8.42 Å². The number of nitrogens with zero attached hydrogens (tertiary/aromatic N) is 1. The Morgan fingerprint density at radius 3 is 2.40 bits per heavy atom. The van der Waals surface area contributed by atoms with Gasteiger partial charge >= 0.3 is 0 Å². The topological polar surface area (TPSA) is 86.9 Å². The van der Waals surface area contributed by atoms with Crippen LogP contribution in [0.4, 0.5) is 0 Å². The number of hydrogen-bond donors (Lipinski definition) is 3. The smallest absolute Gasteiger partial charge is 0.260 e. The Labute approximate surface area is 119 Å². The van der Waals surface area contributed by atoms with Crippen molar-refractivity contribution < 1.29 is 8.42 Å². The Morgan fingerprint density at radius 2 is 1.90 bits per heavy atom. The Bertz CT molecular complexity index is 576. The summed E-state index contributed by atoms with van der Waals surface area (Å²) in [6.45, 7) is 2.34. The molecule has 0 unspecified atom stereocenters. The van der Waals surface area contributed by atoms with Crippen molar-refractivity contribution in [3.8, 4) is 0 Å². The normalized spacial score (nSPS) is 19.8. The lowest BCUT2D eigenvalue weighted by Gasteiger charge is -2.17. The first-order chi connectivity index (χ1) is 9.53. The van der Waals surface area contributed by atoms with Crippen molar-refractivity contribution in [2.75, 3.05) is 7.05 Å². The molecule has 0 amide bonds. The summed E-state index contributed by atoms with van der Waals surface area (Å²) >= 11 is 0. The lowest BCUT2D eigenvalue weighted by Crippen LogP contribution is -2.38. The minimum Gasteiger partial charge on any atom is -0.316 e. The first-order valence-electron chi connectivity index (χ1n) is 7.23. The second kappa shape index (κ2) is 5.13. The molecule has 2 aliphatic carbocycles. The summed E-state index contributed by atoms with van der Waals surface area (Å²) in [6, 6.07) is 0.111. The summed E-state index contributed by atoms with van der Waals surface area (Å²) in [6.07, 6.45) is 4.58. The minimum atomic E-state index is -3.53. The molecule has 0 spiro atoms. The molecule has 2 aliphatic rings. The second-order valence-electron chi connectivity index (χ2n) is 5.98. The summed E-state index contributed by atoms with van der Waals surface area (Å²) in [4.78, 5) is 0. The Balaban J connectivity index is 1.83. The molecule has 3 N–H and O–H groups in total. The van der Waals surface area contributed by atoms with Gasteiger partial charge < -0.3 is 5.32 Å². The molecular weight excluding hydrogens is 276 g/mol. The van der Waals surface area contributed by atoms with Gasteiger partial charge in [0, 0.05) is 23.8 Å². The highest BCUT2D eigenvalue weighted by molar-refractivity contribution is 7.89. The van der Waals surface area contributed by atoms with Gasteiger partial charge in [-0.05, 0) is 51.5 Å². The molecule has 1 aromatic rings. The molecule has 3 rings (SSSR count).